The highest BCUT2D eigenvalue weighted by Crippen LogP contribution is 2.14. The lowest BCUT2D eigenvalue weighted by atomic mass is 10.2. The third kappa shape index (κ3) is 3.59. The van der Waals surface area contributed by atoms with Crippen molar-refractivity contribution in [1.82, 2.24) is 0 Å². The molecule has 1 N–H and O–H groups in total. The van der Waals surface area contributed by atoms with Crippen molar-refractivity contribution in [2.75, 3.05) is 5.32 Å². The molecule has 1 amide bonds. The number of carbonyl (C=O) groups is 1. The summed E-state index contributed by atoms with van der Waals surface area (Å²) >= 11 is 0. The second kappa shape index (κ2) is 6.39. The fraction of sp³-hybridized carbons (Fsp3) is 0.125. The number of ether oxygens (including phenoxy) is 1. The first-order chi connectivity index (χ1) is 9.69. The molecular weight excluding hydrogens is 252 g/mol. The summed E-state index contributed by atoms with van der Waals surface area (Å²) in [5.41, 5.74) is 1.28. The van der Waals surface area contributed by atoms with Crippen molar-refractivity contribution in [2.24, 2.45) is 0 Å². The van der Waals surface area contributed by atoms with Crippen LogP contribution in [0.4, 0.5) is 5.69 Å². The van der Waals surface area contributed by atoms with E-state index in [-0.39, 0.29) is 5.91 Å². The van der Waals surface area contributed by atoms with E-state index < -0.39 is 6.10 Å². The van der Waals surface area contributed by atoms with Crippen LogP contribution in [0.25, 0.3) is 0 Å². The molecule has 0 aromatic heterocycles. The van der Waals surface area contributed by atoms with Gasteiger partial charge in [-0.3, -0.25) is 4.79 Å². The van der Waals surface area contributed by atoms with Gasteiger partial charge in [0.1, 0.15) is 5.75 Å². The highest BCUT2D eigenvalue weighted by molar-refractivity contribution is 5.94. The molecule has 0 fully saturated rings. The Labute approximate surface area is 117 Å². The van der Waals surface area contributed by atoms with Crippen LogP contribution in [-0.2, 0) is 4.79 Å². The number of nitrogens with zero attached hydrogens (tertiary/aromatic N) is 1. The third-order valence-corrected chi connectivity index (χ3v) is 2.71. The molecule has 1 unspecified atom stereocenters. The topological polar surface area (TPSA) is 62.1 Å². The number of anilines is 1. The van der Waals surface area contributed by atoms with Gasteiger partial charge in [-0.2, -0.15) is 5.26 Å². The van der Waals surface area contributed by atoms with Gasteiger partial charge in [-0.1, -0.05) is 18.2 Å². The number of nitriles is 1. The smallest absolute Gasteiger partial charge is 0.265 e. The van der Waals surface area contributed by atoms with Gasteiger partial charge in [-0.05, 0) is 43.3 Å². The summed E-state index contributed by atoms with van der Waals surface area (Å²) in [5.74, 6) is 0.334. The van der Waals surface area contributed by atoms with Gasteiger partial charge in [0.25, 0.3) is 5.91 Å². The zero-order chi connectivity index (χ0) is 14.4. The summed E-state index contributed by atoms with van der Waals surface area (Å²) < 4.78 is 5.53. The minimum absolute atomic E-state index is 0.222. The Morgan fingerprint density at radius 1 is 1.15 bits per heavy atom. The molecule has 100 valence electrons. The maximum absolute atomic E-state index is 12.0. The Bertz CT molecular complexity index is 615. The van der Waals surface area contributed by atoms with Crippen LogP contribution in [0.1, 0.15) is 12.5 Å². The molecule has 0 aliphatic heterocycles. The molecule has 2 rings (SSSR count). The number of rotatable bonds is 4. The van der Waals surface area contributed by atoms with Crippen molar-refractivity contribution in [3.63, 3.8) is 0 Å². The van der Waals surface area contributed by atoms with E-state index >= 15 is 0 Å². The Hall–Kier alpha value is -2.80. The van der Waals surface area contributed by atoms with Gasteiger partial charge < -0.3 is 10.1 Å². The maximum Gasteiger partial charge on any atom is 0.265 e. The lowest BCUT2D eigenvalue weighted by Gasteiger charge is -2.14. The van der Waals surface area contributed by atoms with Crippen molar-refractivity contribution < 1.29 is 9.53 Å². The van der Waals surface area contributed by atoms with Gasteiger partial charge in [0, 0.05) is 5.69 Å². The quantitative estimate of drug-likeness (QED) is 0.925. The van der Waals surface area contributed by atoms with E-state index in [9.17, 15) is 4.79 Å². The molecule has 0 radical (unpaired) electrons. The highest BCUT2D eigenvalue weighted by Gasteiger charge is 2.14. The first-order valence-corrected chi connectivity index (χ1v) is 6.22. The summed E-state index contributed by atoms with van der Waals surface area (Å²) in [6.07, 6.45) is -0.622. The van der Waals surface area contributed by atoms with Crippen molar-refractivity contribution >= 4 is 11.6 Å². The molecule has 1 atom stereocenters. The first kappa shape index (κ1) is 13.6. The summed E-state index contributed by atoms with van der Waals surface area (Å²) in [6, 6.07) is 17.9. The Balaban J connectivity index is 1.95. The van der Waals surface area contributed by atoms with Gasteiger partial charge in [-0.25, -0.2) is 0 Å². The predicted molar refractivity (Wildman–Crippen MR) is 76.3 cm³/mol. The fourth-order valence-electron chi connectivity index (χ4n) is 1.63. The molecular formula is C16H14N2O2. The molecule has 0 saturated heterocycles. The van der Waals surface area contributed by atoms with Gasteiger partial charge in [-0.15, -0.1) is 0 Å². The lowest BCUT2D eigenvalue weighted by Crippen LogP contribution is -2.30. The van der Waals surface area contributed by atoms with Crippen molar-refractivity contribution in [2.45, 2.75) is 13.0 Å². The van der Waals surface area contributed by atoms with Crippen LogP contribution in [0, 0.1) is 11.3 Å². The van der Waals surface area contributed by atoms with Crippen molar-refractivity contribution in [1.29, 1.82) is 5.26 Å². The molecule has 0 heterocycles. The molecule has 20 heavy (non-hydrogen) atoms. The molecule has 0 bridgehead atoms. The minimum atomic E-state index is -0.622. The van der Waals surface area contributed by atoms with E-state index in [4.69, 9.17) is 10.00 Å². The van der Waals surface area contributed by atoms with E-state index in [2.05, 4.69) is 5.32 Å². The summed E-state index contributed by atoms with van der Waals surface area (Å²) in [5, 5.41) is 11.5. The summed E-state index contributed by atoms with van der Waals surface area (Å²) in [7, 11) is 0. The summed E-state index contributed by atoms with van der Waals surface area (Å²) in [6.45, 7) is 1.68. The van der Waals surface area contributed by atoms with E-state index in [1.54, 1.807) is 31.2 Å². The van der Waals surface area contributed by atoms with E-state index in [0.717, 1.165) is 5.69 Å². The standard InChI is InChI=1S/C16H14N2O2/c1-12(16(19)18-14-5-3-2-4-6-14)20-15-9-7-13(11-17)8-10-15/h2-10,12H,1H3,(H,18,19). The second-order valence-corrected chi connectivity index (χ2v) is 4.25. The molecule has 4 heteroatoms. The van der Waals surface area contributed by atoms with E-state index in [1.165, 1.54) is 0 Å². The Morgan fingerprint density at radius 3 is 2.40 bits per heavy atom. The zero-order valence-corrected chi connectivity index (χ0v) is 11.0. The lowest BCUT2D eigenvalue weighted by molar-refractivity contribution is -0.122. The largest absolute Gasteiger partial charge is 0.481 e. The molecule has 2 aromatic carbocycles. The van der Waals surface area contributed by atoms with Crippen molar-refractivity contribution in [3.8, 4) is 11.8 Å². The molecule has 2 aromatic rings. The SMILES string of the molecule is CC(Oc1ccc(C#N)cc1)C(=O)Nc1ccccc1. The monoisotopic (exact) mass is 266 g/mol. The Morgan fingerprint density at radius 2 is 1.80 bits per heavy atom. The number of hydrogen-bond acceptors (Lipinski definition) is 3. The molecule has 0 spiro atoms. The number of benzene rings is 2. The van der Waals surface area contributed by atoms with Gasteiger partial charge in [0.05, 0.1) is 11.6 Å². The number of nitrogens with one attached hydrogen (secondary N) is 1. The normalized spacial score (nSPS) is 11.2. The number of carbonyl (C=O) groups excluding carboxylic acids is 1. The predicted octanol–water partition coefficient (Wildman–Crippen LogP) is 2.96. The number of para-hydroxylation sites is 1. The Kier molecular flexibility index (Phi) is 4.35. The zero-order valence-electron chi connectivity index (χ0n) is 11.0. The number of amides is 1. The highest BCUT2D eigenvalue weighted by atomic mass is 16.5. The van der Waals surface area contributed by atoms with Gasteiger partial charge >= 0.3 is 0 Å². The van der Waals surface area contributed by atoms with Crippen LogP contribution in [0.3, 0.4) is 0 Å². The maximum atomic E-state index is 12.0. The minimum Gasteiger partial charge on any atom is -0.481 e. The van der Waals surface area contributed by atoms with Crippen LogP contribution in [0.5, 0.6) is 5.75 Å². The van der Waals surface area contributed by atoms with Crippen LogP contribution < -0.4 is 10.1 Å². The fourth-order valence-corrected chi connectivity index (χ4v) is 1.63. The second-order valence-electron chi connectivity index (χ2n) is 4.25. The van der Waals surface area contributed by atoms with Crippen LogP contribution in [0.2, 0.25) is 0 Å². The van der Waals surface area contributed by atoms with Crippen LogP contribution in [-0.4, -0.2) is 12.0 Å². The van der Waals surface area contributed by atoms with Crippen LogP contribution in [0.15, 0.2) is 54.6 Å². The summed E-state index contributed by atoms with van der Waals surface area (Å²) in [4.78, 5) is 12.0. The number of hydrogen-bond donors (Lipinski definition) is 1. The molecule has 0 aliphatic carbocycles. The average molecular weight is 266 g/mol. The molecule has 0 saturated carbocycles. The van der Waals surface area contributed by atoms with Crippen molar-refractivity contribution in [3.05, 3.63) is 60.2 Å². The van der Waals surface area contributed by atoms with Gasteiger partial charge in [0.2, 0.25) is 0 Å². The van der Waals surface area contributed by atoms with Gasteiger partial charge in [0.15, 0.2) is 6.10 Å². The molecule has 4 nitrogen and oxygen atoms in total. The first-order valence-electron chi connectivity index (χ1n) is 6.22. The average Bonchev–Trinajstić information content (AvgIpc) is 2.49. The molecule has 0 aliphatic rings. The third-order valence-electron chi connectivity index (χ3n) is 2.71. The van der Waals surface area contributed by atoms with E-state index in [0.29, 0.717) is 11.3 Å². The van der Waals surface area contributed by atoms with Crippen LogP contribution >= 0.6 is 0 Å². The van der Waals surface area contributed by atoms with E-state index in [1.807, 2.05) is 36.4 Å².